The van der Waals surface area contributed by atoms with E-state index in [1.807, 2.05) is 0 Å². The second-order valence-corrected chi connectivity index (χ2v) is 21.2. The zero-order valence-corrected chi connectivity index (χ0v) is 39.0. The fourth-order valence-electron chi connectivity index (χ4n) is 14.8. The van der Waals surface area contributed by atoms with Crippen LogP contribution < -0.4 is 4.90 Å². The molecule has 1 heteroatoms. The summed E-state index contributed by atoms with van der Waals surface area (Å²) in [6.45, 7) is 4.85. The van der Waals surface area contributed by atoms with Gasteiger partial charge in [-0.25, -0.2) is 0 Å². The molecule has 68 heavy (non-hydrogen) atoms. The first-order chi connectivity index (χ1) is 33.4. The molecular formula is C67H55N. The smallest absolute Gasteiger partial charge is 0.0540 e. The Morgan fingerprint density at radius 1 is 0.338 bits per heavy atom. The van der Waals surface area contributed by atoms with Crippen molar-refractivity contribution in [2.45, 2.75) is 56.8 Å². The van der Waals surface area contributed by atoms with E-state index in [4.69, 9.17) is 0 Å². The highest BCUT2D eigenvalue weighted by Crippen LogP contribution is 2.71. The lowest BCUT2D eigenvalue weighted by atomic mass is 9.43. The van der Waals surface area contributed by atoms with Crippen molar-refractivity contribution in [3.63, 3.8) is 0 Å². The third-order valence-corrected chi connectivity index (χ3v) is 17.5. The van der Waals surface area contributed by atoms with Gasteiger partial charge in [-0.05, 0) is 176 Å². The number of rotatable bonds is 7. The number of hydrogen-bond acceptors (Lipinski definition) is 1. The van der Waals surface area contributed by atoms with E-state index < -0.39 is 0 Å². The van der Waals surface area contributed by atoms with Crippen LogP contribution in [0.25, 0.3) is 66.8 Å². The molecule has 0 amide bonds. The van der Waals surface area contributed by atoms with Crippen molar-refractivity contribution >= 4 is 17.1 Å². The third-order valence-electron chi connectivity index (χ3n) is 17.5. The van der Waals surface area contributed by atoms with Gasteiger partial charge in [0.1, 0.15) is 0 Å². The van der Waals surface area contributed by atoms with Crippen LogP contribution in [0.4, 0.5) is 17.1 Å². The van der Waals surface area contributed by atoms with Gasteiger partial charge in [0.05, 0.1) is 5.69 Å². The van der Waals surface area contributed by atoms with Crippen LogP contribution in [0.5, 0.6) is 0 Å². The van der Waals surface area contributed by atoms with Crippen LogP contribution in [0.2, 0.25) is 0 Å². The molecule has 15 rings (SSSR count). The van der Waals surface area contributed by atoms with Gasteiger partial charge < -0.3 is 4.90 Å². The van der Waals surface area contributed by atoms with E-state index >= 15 is 0 Å². The molecule has 4 saturated carbocycles. The molecule has 0 N–H and O–H groups in total. The highest BCUT2D eigenvalue weighted by molar-refractivity contribution is 6.03. The van der Waals surface area contributed by atoms with E-state index in [1.165, 1.54) is 121 Å². The minimum Gasteiger partial charge on any atom is -0.310 e. The summed E-state index contributed by atoms with van der Waals surface area (Å²) in [5.41, 5.74) is 25.2. The van der Waals surface area contributed by atoms with Crippen molar-refractivity contribution in [2.75, 3.05) is 4.90 Å². The molecule has 4 fully saturated rings. The molecule has 0 aromatic heterocycles. The first-order valence-electron chi connectivity index (χ1n) is 25.2. The molecule has 0 radical (unpaired) electrons. The van der Waals surface area contributed by atoms with Crippen LogP contribution >= 0.6 is 0 Å². The quantitative estimate of drug-likeness (QED) is 0.154. The Hall–Kier alpha value is -7.22. The number of anilines is 3. The molecule has 4 bridgehead atoms. The Labute approximate surface area is 401 Å². The predicted molar refractivity (Wildman–Crippen MR) is 284 cm³/mol. The minimum atomic E-state index is -0.125. The molecule has 328 valence electrons. The molecule has 0 unspecified atom stereocenters. The number of fused-ring (bicyclic) bond motifs is 6. The Morgan fingerprint density at radius 2 is 0.853 bits per heavy atom. The summed E-state index contributed by atoms with van der Waals surface area (Å²) in [5.74, 6) is 2.90. The number of benzene rings is 9. The summed E-state index contributed by atoms with van der Waals surface area (Å²) in [5, 5.41) is 0. The van der Waals surface area contributed by atoms with Gasteiger partial charge in [-0.1, -0.05) is 190 Å². The second-order valence-electron chi connectivity index (χ2n) is 21.2. The molecule has 6 aliphatic rings. The van der Waals surface area contributed by atoms with Crippen LogP contribution in [0.3, 0.4) is 0 Å². The van der Waals surface area contributed by atoms with E-state index in [-0.39, 0.29) is 10.8 Å². The highest BCUT2D eigenvalue weighted by Gasteiger charge is 2.62. The first kappa shape index (κ1) is 39.9. The van der Waals surface area contributed by atoms with Gasteiger partial charge in [-0.2, -0.15) is 0 Å². The van der Waals surface area contributed by atoms with E-state index in [0.29, 0.717) is 11.8 Å². The molecular weight excluding hydrogens is 819 g/mol. The molecule has 6 aliphatic carbocycles. The predicted octanol–water partition coefficient (Wildman–Crippen LogP) is 17.9. The lowest BCUT2D eigenvalue weighted by molar-refractivity contribution is -0.0399. The fourth-order valence-corrected chi connectivity index (χ4v) is 14.8. The van der Waals surface area contributed by atoms with Crippen LogP contribution in [-0.4, -0.2) is 0 Å². The third kappa shape index (κ3) is 5.81. The SMILES string of the molecule is CC1(C)c2ccccc2-c2ccc(-c3cc(N(c4ccc(-c5ccccc5)cc4)c4ccccc4-c4ccccc4)cc4c3-c3c(-c5ccccc5)cccc3C43C4CC5CC(C4)CC3C5)cc21. The van der Waals surface area contributed by atoms with Gasteiger partial charge in [0.2, 0.25) is 0 Å². The van der Waals surface area contributed by atoms with Crippen molar-refractivity contribution in [3.8, 4) is 66.8 Å². The van der Waals surface area contributed by atoms with Crippen molar-refractivity contribution < 1.29 is 0 Å². The summed E-state index contributed by atoms with van der Waals surface area (Å²) >= 11 is 0. The summed E-state index contributed by atoms with van der Waals surface area (Å²) in [6.07, 6.45) is 6.73. The largest absolute Gasteiger partial charge is 0.310 e. The normalized spacial score (nSPS) is 21.9. The van der Waals surface area contributed by atoms with Crippen molar-refractivity contribution in [2.24, 2.45) is 23.7 Å². The number of hydrogen-bond donors (Lipinski definition) is 0. The van der Waals surface area contributed by atoms with Crippen molar-refractivity contribution in [3.05, 3.63) is 235 Å². The van der Waals surface area contributed by atoms with Crippen molar-refractivity contribution in [1.82, 2.24) is 0 Å². The van der Waals surface area contributed by atoms with Crippen LogP contribution in [-0.2, 0) is 10.8 Å². The van der Waals surface area contributed by atoms with Gasteiger partial charge >= 0.3 is 0 Å². The van der Waals surface area contributed by atoms with E-state index in [0.717, 1.165) is 17.5 Å². The minimum absolute atomic E-state index is 0.0678. The zero-order valence-electron chi connectivity index (χ0n) is 39.0. The monoisotopic (exact) mass is 873 g/mol. The van der Waals surface area contributed by atoms with Crippen molar-refractivity contribution in [1.29, 1.82) is 0 Å². The molecule has 1 spiro atoms. The Balaban J connectivity index is 1.09. The summed E-state index contributed by atoms with van der Waals surface area (Å²) < 4.78 is 0. The topological polar surface area (TPSA) is 3.24 Å². The highest BCUT2D eigenvalue weighted by atomic mass is 15.1. The molecule has 0 heterocycles. The number of para-hydroxylation sites is 1. The van der Waals surface area contributed by atoms with Crippen LogP contribution in [0.15, 0.2) is 212 Å². The standard InChI is InChI=1S/C67H55N/c1-66(2)59-26-14-12-24-56(59)57-34-31-49(40-61(57)66)58-41-53(68(52-32-29-46(30-33-52)45-17-6-3-7-18-45)63-28-15-13-23-54(63)47-19-8-4-9-20-47)42-62-65(58)64-55(48-21-10-5-11-22-48)25-16-27-60(64)67(62)50-36-43-35-44(38-50)39-51(67)37-43/h3-34,40-44,50-51H,35-39H2,1-2H3. The molecule has 9 aromatic carbocycles. The summed E-state index contributed by atoms with van der Waals surface area (Å²) in [6, 6.07) is 80.7. The molecule has 9 aromatic rings. The van der Waals surface area contributed by atoms with Gasteiger partial charge in [-0.3, -0.25) is 0 Å². The van der Waals surface area contributed by atoms with Gasteiger partial charge in [0.25, 0.3) is 0 Å². The van der Waals surface area contributed by atoms with E-state index in [1.54, 1.807) is 11.1 Å². The molecule has 0 aliphatic heterocycles. The van der Waals surface area contributed by atoms with Crippen LogP contribution in [0.1, 0.15) is 68.2 Å². The molecule has 1 nitrogen and oxygen atoms in total. The van der Waals surface area contributed by atoms with Gasteiger partial charge in [-0.15, -0.1) is 0 Å². The summed E-state index contributed by atoms with van der Waals surface area (Å²) in [4.78, 5) is 2.60. The Morgan fingerprint density at radius 3 is 1.54 bits per heavy atom. The van der Waals surface area contributed by atoms with E-state index in [9.17, 15) is 0 Å². The maximum absolute atomic E-state index is 2.70. The Kier molecular flexibility index (Phi) is 8.89. The number of nitrogens with zero attached hydrogens (tertiary/aromatic N) is 1. The fraction of sp³-hybridized carbons (Fsp3) is 0.194. The molecule has 0 atom stereocenters. The Bertz CT molecular complexity index is 3390. The average Bonchev–Trinajstić information content (AvgIpc) is 3.81. The average molecular weight is 874 g/mol. The lowest BCUT2D eigenvalue weighted by Crippen LogP contribution is -2.55. The maximum atomic E-state index is 2.70. The van der Waals surface area contributed by atoms with Gasteiger partial charge in [0, 0.05) is 27.8 Å². The lowest BCUT2D eigenvalue weighted by Gasteiger charge is -2.61. The van der Waals surface area contributed by atoms with E-state index in [2.05, 4.69) is 231 Å². The van der Waals surface area contributed by atoms with Crippen LogP contribution in [0, 0.1) is 23.7 Å². The second kappa shape index (κ2) is 15.1. The molecule has 0 saturated heterocycles. The maximum Gasteiger partial charge on any atom is 0.0540 e. The summed E-state index contributed by atoms with van der Waals surface area (Å²) in [7, 11) is 0. The zero-order chi connectivity index (χ0) is 45.1. The first-order valence-corrected chi connectivity index (χ1v) is 25.2. The van der Waals surface area contributed by atoms with Gasteiger partial charge in [0.15, 0.2) is 0 Å².